The van der Waals surface area contributed by atoms with E-state index in [9.17, 15) is 9.18 Å². The van der Waals surface area contributed by atoms with E-state index in [1.54, 1.807) is 27.8 Å². The first-order valence-corrected chi connectivity index (χ1v) is 7.78. The molecule has 3 heterocycles. The lowest BCUT2D eigenvalue weighted by atomic mass is 10.1. The SMILES string of the molecule is Cn1c(C(=O)N2CCOC[C@@H]2c2ccn[nH]2)cc2cc(F)ccc21. The Kier molecular flexibility index (Phi) is 3.57. The number of aromatic amines is 1. The molecule has 1 atom stereocenters. The Morgan fingerprint density at radius 2 is 2.25 bits per heavy atom. The van der Waals surface area contributed by atoms with Gasteiger partial charge in [0, 0.05) is 30.7 Å². The summed E-state index contributed by atoms with van der Waals surface area (Å²) in [5.74, 6) is -0.411. The standard InChI is InChI=1S/C17H17FN4O2/c1-21-14-3-2-12(18)8-11(14)9-15(21)17(23)22-6-7-24-10-16(22)13-4-5-19-20-13/h2-5,8-9,16H,6-7,10H2,1H3,(H,19,20)/t16-/m1/s1. The van der Waals surface area contributed by atoms with Crippen LogP contribution >= 0.6 is 0 Å². The molecule has 1 aliphatic rings. The minimum atomic E-state index is -0.311. The van der Waals surface area contributed by atoms with Crippen LogP contribution in [-0.2, 0) is 11.8 Å². The number of hydrogen-bond donors (Lipinski definition) is 1. The summed E-state index contributed by atoms with van der Waals surface area (Å²) in [5.41, 5.74) is 2.20. The first-order valence-electron chi connectivity index (χ1n) is 7.78. The number of fused-ring (bicyclic) bond motifs is 1. The van der Waals surface area contributed by atoms with E-state index in [-0.39, 0.29) is 17.8 Å². The number of halogens is 1. The zero-order chi connectivity index (χ0) is 16.7. The van der Waals surface area contributed by atoms with Crippen LogP contribution in [0.25, 0.3) is 10.9 Å². The van der Waals surface area contributed by atoms with Gasteiger partial charge in [-0.05, 0) is 30.3 Å². The van der Waals surface area contributed by atoms with Crippen molar-refractivity contribution in [2.75, 3.05) is 19.8 Å². The van der Waals surface area contributed by atoms with Crippen molar-refractivity contribution in [3.63, 3.8) is 0 Å². The summed E-state index contributed by atoms with van der Waals surface area (Å²) in [6.07, 6.45) is 1.66. The molecule has 2 aromatic heterocycles. The van der Waals surface area contributed by atoms with Crippen LogP contribution in [0.3, 0.4) is 0 Å². The van der Waals surface area contributed by atoms with Gasteiger partial charge in [-0.2, -0.15) is 5.10 Å². The van der Waals surface area contributed by atoms with Crippen molar-refractivity contribution in [3.05, 3.63) is 53.7 Å². The fourth-order valence-corrected chi connectivity index (χ4v) is 3.23. The number of rotatable bonds is 2. The Labute approximate surface area is 137 Å². The van der Waals surface area contributed by atoms with Crippen LogP contribution in [0.15, 0.2) is 36.5 Å². The zero-order valence-corrected chi connectivity index (χ0v) is 13.2. The van der Waals surface area contributed by atoms with Crippen molar-refractivity contribution in [2.45, 2.75) is 6.04 Å². The van der Waals surface area contributed by atoms with E-state index in [0.717, 1.165) is 11.2 Å². The Bertz CT molecular complexity index is 888. The van der Waals surface area contributed by atoms with Gasteiger partial charge in [0.2, 0.25) is 0 Å². The number of H-pyrrole nitrogens is 1. The third-order valence-corrected chi connectivity index (χ3v) is 4.49. The van der Waals surface area contributed by atoms with E-state index in [1.807, 2.05) is 13.1 Å². The molecule has 1 fully saturated rings. The fourth-order valence-electron chi connectivity index (χ4n) is 3.23. The highest BCUT2D eigenvalue weighted by Gasteiger charge is 2.31. The summed E-state index contributed by atoms with van der Waals surface area (Å²) in [6.45, 7) is 1.42. The minimum absolute atomic E-state index is 0.1000. The zero-order valence-electron chi connectivity index (χ0n) is 13.2. The summed E-state index contributed by atoms with van der Waals surface area (Å²) in [5, 5.41) is 7.59. The third kappa shape index (κ3) is 2.37. The predicted molar refractivity (Wildman–Crippen MR) is 86.1 cm³/mol. The lowest BCUT2D eigenvalue weighted by Crippen LogP contribution is -2.44. The quantitative estimate of drug-likeness (QED) is 0.785. The molecule has 7 heteroatoms. The van der Waals surface area contributed by atoms with E-state index < -0.39 is 0 Å². The van der Waals surface area contributed by atoms with Crippen molar-refractivity contribution in [3.8, 4) is 0 Å². The van der Waals surface area contributed by atoms with Crippen molar-refractivity contribution in [1.29, 1.82) is 0 Å². The molecule has 1 amide bonds. The number of morpholine rings is 1. The molecule has 1 saturated heterocycles. The summed E-state index contributed by atoms with van der Waals surface area (Å²) in [4.78, 5) is 14.9. The number of nitrogens with one attached hydrogen (secondary N) is 1. The number of carbonyl (C=O) groups is 1. The fraction of sp³-hybridized carbons (Fsp3) is 0.294. The normalized spacial score (nSPS) is 18.2. The molecule has 0 bridgehead atoms. The van der Waals surface area contributed by atoms with Crippen LogP contribution in [0.5, 0.6) is 0 Å². The molecule has 6 nitrogen and oxygen atoms in total. The van der Waals surface area contributed by atoms with Crippen molar-refractivity contribution in [1.82, 2.24) is 19.7 Å². The first-order chi connectivity index (χ1) is 11.6. The van der Waals surface area contributed by atoms with Crippen LogP contribution < -0.4 is 0 Å². The van der Waals surface area contributed by atoms with E-state index >= 15 is 0 Å². The number of hydrogen-bond acceptors (Lipinski definition) is 3. The Morgan fingerprint density at radius 3 is 3.04 bits per heavy atom. The Balaban J connectivity index is 1.73. The van der Waals surface area contributed by atoms with Gasteiger partial charge in [0.25, 0.3) is 5.91 Å². The highest BCUT2D eigenvalue weighted by molar-refractivity contribution is 5.99. The molecule has 1 N–H and O–H groups in total. The van der Waals surface area contributed by atoms with E-state index in [1.165, 1.54) is 12.1 Å². The average Bonchev–Trinajstić information content (AvgIpc) is 3.23. The molecule has 3 aromatic rings. The summed E-state index contributed by atoms with van der Waals surface area (Å²) < 4.78 is 20.8. The smallest absolute Gasteiger partial charge is 0.271 e. The topological polar surface area (TPSA) is 63.1 Å². The number of benzene rings is 1. The van der Waals surface area contributed by atoms with Crippen molar-refractivity contribution < 1.29 is 13.9 Å². The molecule has 24 heavy (non-hydrogen) atoms. The lowest BCUT2D eigenvalue weighted by Gasteiger charge is -2.35. The van der Waals surface area contributed by atoms with E-state index in [0.29, 0.717) is 30.8 Å². The highest BCUT2D eigenvalue weighted by atomic mass is 19.1. The average molecular weight is 328 g/mol. The second-order valence-electron chi connectivity index (χ2n) is 5.89. The number of carbonyl (C=O) groups excluding carboxylic acids is 1. The number of amides is 1. The maximum absolute atomic E-state index is 13.4. The number of nitrogens with zero attached hydrogens (tertiary/aromatic N) is 3. The van der Waals surface area contributed by atoms with Gasteiger partial charge >= 0.3 is 0 Å². The third-order valence-electron chi connectivity index (χ3n) is 4.49. The van der Waals surface area contributed by atoms with Gasteiger partial charge < -0.3 is 14.2 Å². The second kappa shape index (κ2) is 5.76. The summed E-state index contributed by atoms with van der Waals surface area (Å²) in [6, 6.07) is 7.91. The number of ether oxygens (including phenoxy) is 1. The van der Waals surface area contributed by atoms with Crippen LogP contribution in [0, 0.1) is 5.82 Å². The molecule has 124 valence electrons. The summed E-state index contributed by atoms with van der Waals surface area (Å²) in [7, 11) is 1.82. The summed E-state index contributed by atoms with van der Waals surface area (Å²) >= 11 is 0. The largest absolute Gasteiger partial charge is 0.377 e. The maximum atomic E-state index is 13.4. The van der Waals surface area contributed by atoms with Gasteiger partial charge in [0.1, 0.15) is 11.5 Å². The molecule has 0 unspecified atom stereocenters. The maximum Gasteiger partial charge on any atom is 0.271 e. The predicted octanol–water partition coefficient (Wildman–Crippen LogP) is 2.25. The minimum Gasteiger partial charge on any atom is -0.377 e. The monoisotopic (exact) mass is 328 g/mol. The molecular weight excluding hydrogens is 311 g/mol. The van der Waals surface area contributed by atoms with Crippen molar-refractivity contribution >= 4 is 16.8 Å². The molecule has 1 aliphatic heterocycles. The van der Waals surface area contributed by atoms with E-state index in [4.69, 9.17) is 4.74 Å². The molecule has 0 saturated carbocycles. The van der Waals surface area contributed by atoms with Gasteiger partial charge in [-0.15, -0.1) is 0 Å². The molecule has 1 aromatic carbocycles. The second-order valence-corrected chi connectivity index (χ2v) is 5.89. The van der Waals surface area contributed by atoms with Crippen LogP contribution in [-0.4, -0.2) is 45.3 Å². The van der Waals surface area contributed by atoms with Gasteiger partial charge in [-0.25, -0.2) is 4.39 Å². The number of aromatic nitrogens is 3. The molecule has 0 radical (unpaired) electrons. The van der Waals surface area contributed by atoms with Crippen LogP contribution in [0.2, 0.25) is 0 Å². The first kappa shape index (κ1) is 14.9. The van der Waals surface area contributed by atoms with Crippen LogP contribution in [0.4, 0.5) is 4.39 Å². The lowest BCUT2D eigenvalue weighted by molar-refractivity contribution is -0.00437. The van der Waals surface area contributed by atoms with Gasteiger partial charge in [-0.3, -0.25) is 9.89 Å². The van der Waals surface area contributed by atoms with Gasteiger partial charge in [-0.1, -0.05) is 0 Å². The Morgan fingerprint density at radius 1 is 1.38 bits per heavy atom. The van der Waals surface area contributed by atoms with Gasteiger partial charge in [0.15, 0.2) is 0 Å². The Hall–Kier alpha value is -2.67. The van der Waals surface area contributed by atoms with E-state index in [2.05, 4.69) is 10.2 Å². The van der Waals surface area contributed by atoms with Crippen LogP contribution in [0.1, 0.15) is 22.2 Å². The molecule has 0 spiro atoms. The molecular formula is C17H17FN4O2. The molecule has 4 rings (SSSR count). The number of aryl methyl sites for hydroxylation is 1. The highest BCUT2D eigenvalue weighted by Crippen LogP contribution is 2.27. The molecule has 0 aliphatic carbocycles. The van der Waals surface area contributed by atoms with Gasteiger partial charge in [0.05, 0.1) is 24.9 Å². The van der Waals surface area contributed by atoms with Crippen molar-refractivity contribution in [2.24, 2.45) is 7.05 Å².